The summed E-state index contributed by atoms with van der Waals surface area (Å²) in [7, 11) is 1.59. The van der Waals surface area contributed by atoms with Crippen LogP contribution in [0, 0.1) is 11.3 Å². The molecule has 0 saturated carbocycles. The first-order chi connectivity index (χ1) is 17.7. The molecule has 0 fully saturated rings. The molecule has 0 unspecified atom stereocenters. The number of alkyl halides is 3. The van der Waals surface area contributed by atoms with E-state index in [4.69, 9.17) is 14.6 Å². The number of rotatable bonds is 6. The summed E-state index contributed by atoms with van der Waals surface area (Å²) in [5.74, 6) is -1.52. The molecule has 0 saturated heterocycles. The number of ether oxygens (including phenoxy) is 1. The van der Waals surface area contributed by atoms with Crippen molar-refractivity contribution in [2.75, 3.05) is 13.7 Å². The minimum atomic E-state index is -5.19. The average Bonchev–Trinajstić information content (AvgIpc) is 2.90. The molecule has 4 aromatic rings. The Balaban J connectivity index is 0.000000479. The molecule has 0 aliphatic heterocycles. The number of carbonyl (C=O) groups is 1. The topological polar surface area (TPSA) is 125 Å². The highest BCUT2D eigenvalue weighted by Crippen LogP contribution is 2.32. The molecule has 190 valence electrons. The Kier molecular flexibility index (Phi) is 8.60. The number of carboxylic acids is 1. The van der Waals surface area contributed by atoms with Gasteiger partial charge in [0, 0.05) is 28.6 Å². The summed E-state index contributed by atoms with van der Waals surface area (Å²) in [5, 5.41) is 22.1. The Morgan fingerprint density at radius 1 is 1.11 bits per heavy atom. The molecule has 0 radical (unpaired) electrons. The number of pyridine rings is 2. The van der Waals surface area contributed by atoms with E-state index in [9.17, 15) is 23.2 Å². The van der Waals surface area contributed by atoms with E-state index < -0.39 is 12.1 Å². The summed E-state index contributed by atoms with van der Waals surface area (Å²) in [6.45, 7) is 0.974. The maximum Gasteiger partial charge on any atom is 0.430 e. The zero-order valence-corrected chi connectivity index (χ0v) is 19.5. The number of nitriles is 1. The summed E-state index contributed by atoms with van der Waals surface area (Å²) < 4.78 is 38.5. The third-order valence-electron chi connectivity index (χ3n) is 5.27. The lowest BCUT2D eigenvalue weighted by Gasteiger charge is -2.16. The van der Waals surface area contributed by atoms with Crippen LogP contribution in [0.15, 0.2) is 77.7 Å². The number of aromatic nitrogens is 2. The molecule has 0 bridgehead atoms. The van der Waals surface area contributed by atoms with Crippen LogP contribution in [0.4, 0.5) is 19.0 Å². The Morgan fingerprint density at radius 2 is 1.78 bits per heavy atom. The van der Waals surface area contributed by atoms with Gasteiger partial charge in [0.05, 0.1) is 20.2 Å². The summed E-state index contributed by atoms with van der Waals surface area (Å²) in [6, 6.07) is 23.0. The van der Waals surface area contributed by atoms with Crippen molar-refractivity contribution in [3.05, 3.63) is 89.0 Å². The molecule has 11 heteroatoms. The normalized spacial score (nSPS) is 10.8. The van der Waals surface area contributed by atoms with Crippen LogP contribution in [0.1, 0.15) is 5.69 Å². The van der Waals surface area contributed by atoms with E-state index in [0.717, 1.165) is 16.9 Å². The maximum atomic E-state index is 13.3. The predicted molar refractivity (Wildman–Crippen MR) is 127 cm³/mol. The fourth-order valence-electron chi connectivity index (χ4n) is 3.62. The van der Waals surface area contributed by atoms with E-state index in [0.29, 0.717) is 35.3 Å². The molecular formula is C26H21F3N4O4. The lowest BCUT2D eigenvalue weighted by atomic mass is 9.97. The highest BCUT2D eigenvalue weighted by atomic mass is 19.4. The first-order valence-electron chi connectivity index (χ1n) is 10.9. The van der Waals surface area contributed by atoms with Gasteiger partial charge in [-0.15, -0.1) is 0 Å². The smallest absolute Gasteiger partial charge is 0.430 e. The van der Waals surface area contributed by atoms with E-state index in [2.05, 4.69) is 11.1 Å². The van der Waals surface area contributed by atoms with Gasteiger partial charge in [0.15, 0.2) is 0 Å². The first kappa shape index (κ1) is 26.9. The van der Waals surface area contributed by atoms with Crippen molar-refractivity contribution in [2.24, 2.45) is 0 Å². The van der Waals surface area contributed by atoms with Gasteiger partial charge in [-0.2, -0.15) is 18.4 Å². The second-order valence-corrected chi connectivity index (χ2v) is 7.60. The van der Waals surface area contributed by atoms with Gasteiger partial charge in [0.25, 0.3) is 5.56 Å². The second kappa shape index (κ2) is 11.8. The van der Waals surface area contributed by atoms with Crippen molar-refractivity contribution >= 4 is 22.6 Å². The molecule has 0 aliphatic rings. The van der Waals surface area contributed by atoms with Crippen LogP contribution in [0.3, 0.4) is 0 Å². The largest absolute Gasteiger partial charge is 0.542 e. The van der Waals surface area contributed by atoms with Crippen LogP contribution >= 0.6 is 0 Å². The third kappa shape index (κ3) is 6.50. The number of carboxylic acid groups (broad SMARTS) is 1. The number of quaternary nitrogens is 1. The summed E-state index contributed by atoms with van der Waals surface area (Å²) >= 11 is 0. The van der Waals surface area contributed by atoms with Crippen molar-refractivity contribution in [3.63, 3.8) is 0 Å². The number of benzene rings is 2. The fraction of sp³-hybridized carbons (Fsp3) is 0.154. The highest BCUT2D eigenvalue weighted by Gasteiger charge is 2.28. The Morgan fingerprint density at radius 3 is 2.35 bits per heavy atom. The zero-order valence-electron chi connectivity index (χ0n) is 19.5. The van der Waals surface area contributed by atoms with Gasteiger partial charge in [-0.3, -0.25) is 14.7 Å². The Hall–Kier alpha value is -4.69. The van der Waals surface area contributed by atoms with Gasteiger partial charge >= 0.3 is 6.18 Å². The van der Waals surface area contributed by atoms with E-state index in [1.807, 2.05) is 59.9 Å². The van der Waals surface area contributed by atoms with Gasteiger partial charge < -0.3 is 14.6 Å². The number of nitrogens with two attached hydrogens (primary N) is 1. The van der Waals surface area contributed by atoms with Crippen molar-refractivity contribution in [1.82, 2.24) is 9.55 Å². The average molecular weight is 510 g/mol. The molecule has 4 rings (SSSR count). The Bertz CT molecular complexity index is 1480. The van der Waals surface area contributed by atoms with Crippen LogP contribution in [-0.4, -0.2) is 35.4 Å². The predicted octanol–water partition coefficient (Wildman–Crippen LogP) is 2.14. The lowest BCUT2D eigenvalue weighted by molar-refractivity contribution is -0.576. The highest BCUT2D eigenvalue weighted by molar-refractivity contribution is 5.99. The molecule has 2 N–H and O–H groups in total. The monoisotopic (exact) mass is 510 g/mol. The standard InChI is InChI=1S/C24H20N4O2.C2HF3O2/c1-30-18-10-11-19-20(15-18)23(17-7-3-2-4-8-17)21(16-25)28(24(19)29)14-13-27-22-9-5-6-12-26-22;3-2(4,5)1(6)7/h2-12,15H,13-14H2,1H3,(H,26,27);(H,6,7). The van der Waals surface area contributed by atoms with Crippen molar-refractivity contribution < 1.29 is 33.1 Å². The summed E-state index contributed by atoms with van der Waals surface area (Å²) in [4.78, 5) is 26.3. The van der Waals surface area contributed by atoms with Crippen LogP contribution in [0.2, 0.25) is 0 Å². The SMILES string of the molecule is COc1ccc2c(=O)n(CC[NH2+]c3ccccn3)c(C#N)c(-c3ccccc3)c2c1.O=C([O-])C(F)(F)F. The molecule has 0 atom stereocenters. The number of nitrogens with zero attached hydrogens (tertiary/aromatic N) is 3. The fourth-order valence-corrected chi connectivity index (χ4v) is 3.62. The van der Waals surface area contributed by atoms with Crippen molar-refractivity contribution in [2.45, 2.75) is 12.7 Å². The van der Waals surface area contributed by atoms with Crippen molar-refractivity contribution in [1.29, 1.82) is 5.26 Å². The van der Waals surface area contributed by atoms with E-state index in [1.165, 1.54) is 0 Å². The number of methoxy groups -OCH3 is 1. The first-order valence-corrected chi connectivity index (χ1v) is 10.9. The Labute approximate surface area is 209 Å². The van der Waals surface area contributed by atoms with Gasteiger partial charge in [0.1, 0.15) is 23.5 Å². The summed E-state index contributed by atoms with van der Waals surface area (Å²) in [5.41, 5.74) is 1.79. The van der Waals surface area contributed by atoms with Crippen molar-refractivity contribution in [3.8, 4) is 22.9 Å². The van der Waals surface area contributed by atoms with Gasteiger partial charge in [-0.25, -0.2) is 4.98 Å². The van der Waals surface area contributed by atoms with Crippen LogP contribution in [0.25, 0.3) is 21.9 Å². The molecule has 2 heterocycles. The summed E-state index contributed by atoms with van der Waals surface area (Å²) in [6.07, 6.45) is -3.46. The molecule has 2 aromatic carbocycles. The quantitative estimate of drug-likeness (QED) is 0.424. The molecule has 0 amide bonds. The molecule has 0 spiro atoms. The maximum absolute atomic E-state index is 13.3. The van der Waals surface area contributed by atoms with Crippen LogP contribution < -0.4 is 20.7 Å². The van der Waals surface area contributed by atoms with Crippen LogP contribution in [0.5, 0.6) is 5.75 Å². The number of hydrogen-bond acceptors (Lipinski definition) is 6. The van der Waals surface area contributed by atoms with E-state index in [-0.39, 0.29) is 5.56 Å². The third-order valence-corrected chi connectivity index (χ3v) is 5.27. The molecule has 8 nitrogen and oxygen atoms in total. The molecular weight excluding hydrogens is 489 g/mol. The van der Waals surface area contributed by atoms with E-state index >= 15 is 0 Å². The zero-order chi connectivity index (χ0) is 27.0. The van der Waals surface area contributed by atoms with Crippen LogP contribution in [-0.2, 0) is 11.3 Å². The molecule has 2 aromatic heterocycles. The van der Waals surface area contributed by atoms with Gasteiger partial charge in [0.2, 0.25) is 5.82 Å². The lowest BCUT2D eigenvalue weighted by Crippen LogP contribution is -2.79. The number of fused-ring (bicyclic) bond motifs is 1. The van der Waals surface area contributed by atoms with Gasteiger partial charge in [-0.05, 0) is 29.8 Å². The van der Waals surface area contributed by atoms with E-state index in [1.54, 1.807) is 30.0 Å². The number of hydrogen-bond donors (Lipinski definition) is 1. The molecule has 37 heavy (non-hydrogen) atoms. The number of carbonyl (C=O) groups excluding carboxylic acids is 1. The molecule has 0 aliphatic carbocycles. The minimum absolute atomic E-state index is 0.182. The second-order valence-electron chi connectivity index (χ2n) is 7.60. The number of halogens is 3. The number of aliphatic carboxylic acids is 1. The minimum Gasteiger partial charge on any atom is -0.542 e. The van der Waals surface area contributed by atoms with Gasteiger partial charge in [-0.1, -0.05) is 36.4 Å².